The molecule has 2 aromatic rings. The first-order chi connectivity index (χ1) is 8.84. The first-order valence-corrected chi connectivity index (χ1v) is 6.90. The van der Waals surface area contributed by atoms with Gasteiger partial charge in [0.25, 0.3) is 0 Å². The first kappa shape index (κ1) is 11.7. The molecule has 3 rings (SSSR count). The fourth-order valence-corrected chi connectivity index (χ4v) is 2.51. The molecular formula is C16H20N2. The predicted molar refractivity (Wildman–Crippen MR) is 75.8 cm³/mol. The van der Waals surface area contributed by atoms with Gasteiger partial charge < -0.3 is 5.32 Å². The largest absolute Gasteiger partial charge is 0.314 e. The van der Waals surface area contributed by atoms with Crippen LogP contribution in [0.4, 0.5) is 0 Å². The third kappa shape index (κ3) is 2.54. The summed E-state index contributed by atoms with van der Waals surface area (Å²) in [6, 6.07) is 9.46. The summed E-state index contributed by atoms with van der Waals surface area (Å²) in [6.07, 6.45) is 7.80. The van der Waals surface area contributed by atoms with Crippen LogP contribution in [0.3, 0.4) is 0 Å². The van der Waals surface area contributed by atoms with E-state index >= 15 is 0 Å². The van der Waals surface area contributed by atoms with Crippen LogP contribution in [0.15, 0.2) is 36.7 Å². The van der Waals surface area contributed by atoms with Crippen molar-refractivity contribution >= 4 is 10.8 Å². The first-order valence-electron chi connectivity index (χ1n) is 6.90. The summed E-state index contributed by atoms with van der Waals surface area (Å²) in [5, 5.41) is 6.19. The highest BCUT2D eigenvalue weighted by molar-refractivity contribution is 5.85. The van der Waals surface area contributed by atoms with Crippen LogP contribution in [-0.4, -0.2) is 17.6 Å². The zero-order valence-corrected chi connectivity index (χ0v) is 10.9. The molecule has 18 heavy (non-hydrogen) atoms. The van der Waals surface area contributed by atoms with Crippen LogP contribution in [0.25, 0.3) is 10.8 Å². The molecule has 1 atom stereocenters. The second kappa shape index (κ2) is 5.07. The van der Waals surface area contributed by atoms with Crippen molar-refractivity contribution in [1.29, 1.82) is 0 Å². The van der Waals surface area contributed by atoms with Crippen molar-refractivity contribution in [1.82, 2.24) is 10.3 Å². The quantitative estimate of drug-likeness (QED) is 0.865. The van der Waals surface area contributed by atoms with Gasteiger partial charge >= 0.3 is 0 Å². The van der Waals surface area contributed by atoms with Crippen LogP contribution in [-0.2, 0) is 0 Å². The van der Waals surface area contributed by atoms with E-state index in [1.165, 1.54) is 35.6 Å². The van der Waals surface area contributed by atoms with Gasteiger partial charge in [-0.15, -0.1) is 0 Å². The summed E-state index contributed by atoms with van der Waals surface area (Å²) in [6.45, 7) is 3.44. The van der Waals surface area contributed by atoms with E-state index in [1.807, 2.05) is 12.4 Å². The number of rotatable bonds is 5. The minimum absolute atomic E-state index is 0.587. The topological polar surface area (TPSA) is 24.9 Å². The van der Waals surface area contributed by atoms with Gasteiger partial charge in [0, 0.05) is 23.8 Å². The monoisotopic (exact) mass is 240 g/mol. The van der Waals surface area contributed by atoms with Crippen molar-refractivity contribution in [3.05, 3.63) is 42.2 Å². The maximum Gasteiger partial charge on any atom is 0.0349 e. The van der Waals surface area contributed by atoms with Crippen molar-refractivity contribution in [2.45, 2.75) is 38.1 Å². The van der Waals surface area contributed by atoms with Crippen LogP contribution in [0.5, 0.6) is 0 Å². The van der Waals surface area contributed by atoms with Gasteiger partial charge in [-0.25, -0.2) is 0 Å². The zero-order valence-electron chi connectivity index (χ0n) is 10.9. The molecule has 0 saturated heterocycles. The minimum Gasteiger partial charge on any atom is -0.314 e. The third-order valence-electron chi connectivity index (χ3n) is 3.84. The number of pyridine rings is 1. The summed E-state index contributed by atoms with van der Waals surface area (Å²) in [5.74, 6) is 0.587. The van der Waals surface area contributed by atoms with Gasteiger partial charge in [-0.1, -0.05) is 25.1 Å². The van der Waals surface area contributed by atoms with E-state index in [1.54, 1.807) is 0 Å². The van der Waals surface area contributed by atoms with Gasteiger partial charge in [0.05, 0.1) is 0 Å². The van der Waals surface area contributed by atoms with E-state index in [4.69, 9.17) is 0 Å². The van der Waals surface area contributed by atoms with Gasteiger partial charge in [0.2, 0.25) is 0 Å². The Labute approximate surface area is 108 Å². The van der Waals surface area contributed by atoms with Crippen LogP contribution in [0, 0.1) is 0 Å². The number of fused-ring (bicyclic) bond motifs is 1. The molecule has 0 amide bonds. The Morgan fingerprint density at radius 3 is 3.06 bits per heavy atom. The van der Waals surface area contributed by atoms with Crippen molar-refractivity contribution in [2.75, 3.05) is 6.54 Å². The Morgan fingerprint density at radius 1 is 1.33 bits per heavy atom. The lowest BCUT2D eigenvalue weighted by atomic mass is 9.93. The number of nitrogens with zero attached hydrogens (tertiary/aromatic N) is 1. The third-order valence-corrected chi connectivity index (χ3v) is 3.84. The lowest BCUT2D eigenvalue weighted by Crippen LogP contribution is -2.19. The second-order valence-corrected chi connectivity index (χ2v) is 5.36. The molecule has 1 aromatic heterocycles. The number of nitrogens with one attached hydrogen (secondary N) is 1. The van der Waals surface area contributed by atoms with Gasteiger partial charge in [0.15, 0.2) is 0 Å². The van der Waals surface area contributed by atoms with E-state index in [0.29, 0.717) is 5.92 Å². The summed E-state index contributed by atoms with van der Waals surface area (Å²) >= 11 is 0. The van der Waals surface area contributed by atoms with Crippen molar-refractivity contribution < 1.29 is 0 Å². The maximum atomic E-state index is 4.26. The van der Waals surface area contributed by atoms with E-state index in [-0.39, 0.29) is 0 Å². The standard InChI is InChI=1S/C16H20N2/c1-12(7-10-18-14-5-6-14)15-4-2-3-13-8-9-17-11-16(13)15/h2-4,8-9,11-12,14,18H,5-7,10H2,1H3. The summed E-state index contributed by atoms with van der Waals surface area (Å²) in [5.41, 5.74) is 1.43. The average molecular weight is 240 g/mol. The number of benzene rings is 1. The molecule has 1 aliphatic carbocycles. The van der Waals surface area contributed by atoms with Crippen molar-refractivity contribution in [2.24, 2.45) is 0 Å². The van der Waals surface area contributed by atoms with E-state index in [2.05, 4.69) is 41.5 Å². The molecule has 0 spiro atoms. The molecule has 1 heterocycles. The molecule has 0 bridgehead atoms. The summed E-state index contributed by atoms with van der Waals surface area (Å²) in [4.78, 5) is 4.26. The lowest BCUT2D eigenvalue weighted by Gasteiger charge is -2.14. The summed E-state index contributed by atoms with van der Waals surface area (Å²) in [7, 11) is 0. The lowest BCUT2D eigenvalue weighted by molar-refractivity contribution is 0.594. The Morgan fingerprint density at radius 2 is 2.22 bits per heavy atom. The zero-order chi connectivity index (χ0) is 12.4. The molecule has 0 radical (unpaired) electrons. The number of hydrogen-bond acceptors (Lipinski definition) is 2. The van der Waals surface area contributed by atoms with E-state index in [0.717, 1.165) is 12.6 Å². The van der Waals surface area contributed by atoms with Crippen LogP contribution < -0.4 is 5.32 Å². The highest BCUT2D eigenvalue weighted by Gasteiger charge is 2.20. The average Bonchev–Trinajstić information content (AvgIpc) is 3.22. The fourth-order valence-electron chi connectivity index (χ4n) is 2.51. The molecule has 0 aliphatic heterocycles. The van der Waals surface area contributed by atoms with Crippen LogP contribution in [0.2, 0.25) is 0 Å². The Bertz CT molecular complexity index is 526. The molecular weight excluding hydrogens is 220 g/mol. The smallest absolute Gasteiger partial charge is 0.0349 e. The SMILES string of the molecule is CC(CCNC1CC1)c1cccc2ccncc12. The Hall–Kier alpha value is -1.41. The molecule has 1 unspecified atom stereocenters. The molecule has 2 heteroatoms. The molecule has 1 N–H and O–H groups in total. The fraction of sp³-hybridized carbons (Fsp3) is 0.438. The van der Waals surface area contributed by atoms with Crippen LogP contribution in [0.1, 0.15) is 37.7 Å². The van der Waals surface area contributed by atoms with Gasteiger partial charge in [-0.05, 0) is 48.7 Å². The molecule has 1 aromatic carbocycles. The second-order valence-electron chi connectivity index (χ2n) is 5.36. The summed E-state index contributed by atoms with van der Waals surface area (Å²) < 4.78 is 0. The van der Waals surface area contributed by atoms with E-state index in [9.17, 15) is 0 Å². The highest BCUT2D eigenvalue weighted by Crippen LogP contribution is 2.27. The maximum absolute atomic E-state index is 4.26. The molecule has 1 saturated carbocycles. The number of aromatic nitrogens is 1. The van der Waals surface area contributed by atoms with Gasteiger partial charge in [-0.2, -0.15) is 0 Å². The molecule has 1 fully saturated rings. The van der Waals surface area contributed by atoms with E-state index < -0.39 is 0 Å². The normalized spacial score (nSPS) is 16.9. The van der Waals surface area contributed by atoms with Crippen molar-refractivity contribution in [3.63, 3.8) is 0 Å². The van der Waals surface area contributed by atoms with Crippen LogP contribution >= 0.6 is 0 Å². The predicted octanol–water partition coefficient (Wildman–Crippen LogP) is 3.48. The van der Waals surface area contributed by atoms with Crippen molar-refractivity contribution in [3.8, 4) is 0 Å². The minimum atomic E-state index is 0.587. The molecule has 1 aliphatic rings. The molecule has 2 nitrogen and oxygen atoms in total. The van der Waals surface area contributed by atoms with Gasteiger partial charge in [-0.3, -0.25) is 4.98 Å². The highest BCUT2D eigenvalue weighted by atomic mass is 14.9. The van der Waals surface area contributed by atoms with Gasteiger partial charge in [0.1, 0.15) is 0 Å². The Balaban J connectivity index is 1.75. The molecule has 94 valence electrons. The Kier molecular flexibility index (Phi) is 3.28. The number of hydrogen-bond donors (Lipinski definition) is 1.